The van der Waals surface area contributed by atoms with Crippen molar-refractivity contribution < 1.29 is 19.7 Å². The third-order valence-corrected chi connectivity index (χ3v) is 3.10. The van der Waals surface area contributed by atoms with Crippen LogP contribution in [0, 0.1) is 0 Å². The Morgan fingerprint density at radius 2 is 2.31 bits per heavy atom. The van der Waals surface area contributed by atoms with Crippen molar-refractivity contribution in [1.82, 2.24) is 5.32 Å². The molecule has 6 heteroatoms. The summed E-state index contributed by atoms with van der Waals surface area (Å²) in [7, 11) is 1.72. The Kier molecular flexibility index (Phi) is 3.22. The monoisotopic (exact) mass is 289 g/mol. The quantitative estimate of drug-likeness (QED) is 0.778. The standard InChI is InChI=1S/C10H12BrNO4/c1-12-3-6(13)5-2-7-10(16-4-15-7)8(11)9(5)14/h2,6,12-14H,3-4H2,1H3. The van der Waals surface area contributed by atoms with Crippen LogP contribution in [0.25, 0.3) is 0 Å². The number of fused-ring (bicyclic) bond motifs is 1. The minimum absolute atomic E-state index is 0.0213. The van der Waals surface area contributed by atoms with E-state index in [0.717, 1.165) is 0 Å². The first-order chi connectivity index (χ1) is 7.65. The number of aromatic hydroxyl groups is 1. The number of rotatable bonds is 3. The summed E-state index contributed by atoms with van der Waals surface area (Å²) < 4.78 is 10.8. The highest BCUT2D eigenvalue weighted by Gasteiger charge is 2.25. The number of halogens is 1. The molecule has 0 saturated carbocycles. The van der Waals surface area contributed by atoms with Crippen LogP contribution in [0.15, 0.2) is 10.5 Å². The van der Waals surface area contributed by atoms with E-state index in [2.05, 4.69) is 21.2 Å². The largest absolute Gasteiger partial charge is 0.506 e. The fraction of sp³-hybridized carbons (Fsp3) is 0.400. The molecular formula is C10H12BrNO4. The van der Waals surface area contributed by atoms with Crippen molar-refractivity contribution in [3.8, 4) is 17.2 Å². The highest BCUT2D eigenvalue weighted by atomic mass is 79.9. The molecule has 1 unspecified atom stereocenters. The Morgan fingerprint density at radius 3 is 3.00 bits per heavy atom. The van der Waals surface area contributed by atoms with E-state index in [1.165, 1.54) is 0 Å². The first kappa shape index (κ1) is 11.5. The molecule has 0 radical (unpaired) electrons. The van der Waals surface area contributed by atoms with E-state index in [4.69, 9.17) is 9.47 Å². The summed E-state index contributed by atoms with van der Waals surface area (Å²) in [5, 5.41) is 22.5. The van der Waals surface area contributed by atoms with Crippen LogP contribution in [0.3, 0.4) is 0 Å². The van der Waals surface area contributed by atoms with Crippen molar-refractivity contribution in [2.45, 2.75) is 6.10 Å². The van der Waals surface area contributed by atoms with Crippen LogP contribution in [0.4, 0.5) is 0 Å². The predicted octanol–water partition coefficient (Wildman–Crippen LogP) is 1.14. The van der Waals surface area contributed by atoms with Gasteiger partial charge in [-0.15, -0.1) is 0 Å². The topological polar surface area (TPSA) is 71.0 Å². The van der Waals surface area contributed by atoms with Crippen LogP contribution in [0.5, 0.6) is 17.2 Å². The molecule has 2 rings (SSSR count). The lowest BCUT2D eigenvalue weighted by atomic mass is 10.1. The Labute approximate surface area is 101 Å². The van der Waals surface area contributed by atoms with Crippen LogP contribution in [-0.4, -0.2) is 30.6 Å². The molecule has 0 spiro atoms. The van der Waals surface area contributed by atoms with Gasteiger partial charge in [0.1, 0.15) is 10.2 Å². The number of hydrogen-bond donors (Lipinski definition) is 3. The van der Waals surface area contributed by atoms with Gasteiger partial charge < -0.3 is 25.0 Å². The van der Waals surface area contributed by atoms with Gasteiger partial charge in [-0.05, 0) is 29.0 Å². The number of benzene rings is 1. The normalized spacial score (nSPS) is 15.2. The summed E-state index contributed by atoms with van der Waals surface area (Å²) in [6.45, 7) is 0.471. The van der Waals surface area contributed by atoms with Gasteiger partial charge in [0.2, 0.25) is 6.79 Å². The van der Waals surface area contributed by atoms with E-state index in [9.17, 15) is 10.2 Å². The Morgan fingerprint density at radius 1 is 1.56 bits per heavy atom. The SMILES string of the molecule is CNCC(O)c1cc2c(c(Br)c1O)OCO2. The van der Waals surface area contributed by atoms with E-state index in [1.54, 1.807) is 13.1 Å². The van der Waals surface area contributed by atoms with Gasteiger partial charge in [0.05, 0.1) is 6.10 Å². The molecule has 1 aliphatic heterocycles. The molecule has 0 saturated heterocycles. The third kappa shape index (κ3) is 1.83. The average molecular weight is 290 g/mol. The molecule has 0 bridgehead atoms. The van der Waals surface area contributed by atoms with E-state index < -0.39 is 6.10 Å². The molecule has 3 N–H and O–H groups in total. The third-order valence-electron chi connectivity index (χ3n) is 2.37. The van der Waals surface area contributed by atoms with Gasteiger partial charge in [-0.25, -0.2) is 0 Å². The maximum absolute atomic E-state index is 9.89. The number of hydrogen-bond acceptors (Lipinski definition) is 5. The lowest BCUT2D eigenvalue weighted by Crippen LogP contribution is -2.16. The molecule has 16 heavy (non-hydrogen) atoms. The van der Waals surface area contributed by atoms with Gasteiger partial charge >= 0.3 is 0 Å². The summed E-state index contributed by atoms with van der Waals surface area (Å²) in [4.78, 5) is 0. The second kappa shape index (κ2) is 4.48. The van der Waals surface area contributed by atoms with E-state index in [1.807, 2.05) is 0 Å². The van der Waals surface area contributed by atoms with E-state index in [-0.39, 0.29) is 12.5 Å². The number of aliphatic hydroxyl groups excluding tert-OH is 1. The number of nitrogens with one attached hydrogen (secondary N) is 1. The molecule has 5 nitrogen and oxygen atoms in total. The summed E-state index contributed by atoms with van der Waals surface area (Å²) in [5.74, 6) is 0.972. The first-order valence-electron chi connectivity index (χ1n) is 4.78. The van der Waals surface area contributed by atoms with Crippen LogP contribution in [0.1, 0.15) is 11.7 Å². The Hall–Kier alpha value is -0.980. The van der Waals surface area contributed by atoms with Crippen LogP contribution >= 0.6 is 15.9 Å². The van der Waals surface area contributed by atoms with Crippen molar-refractivity contribution in [3.05, 3.63) is 16.1 Å². The number of likely N-dealkylation sites (N-methyl/N-ethyl adjacent to an activating group) is 1. The van der Waals surface area contributed by atoms with E-state index in [0.29, 0.717) is 28.1 Å². The average Bonchev–Trinajstić information content (AvgIpc) is 2.71. The predicted molar refractivity (Wildman–Crippen MR) is 60.8 cm³/mol. The summed E-state index contributed by atoms with van der Waals surface area (Å²) in [6, 6.07) is 1.59. The Bertz CT molecular complexity index is 410. The Balaban J connectivity index is 2.43. The molecule has 1 atom stereocenters. The second-order valence-electron chi connectivity index (χ2n) is 3.44. The van der Waals surface area contributed by atoms with Crippen molar-refractivity contribution in [2.75, 3.05) is 20.4 Å². The molecule has 0 aromatic heterocycles. The molecule has 1 aromatic rings. The lowest BCUT2D eigenvalue weighted by Gasteiger charge is -2.14. The fourth-order valence-corrected chi connectivity index (χ4v) is 2.11. The molecule has 1 heterocycles. The molecule has 1 aliphatic rings. The van der Waals surface area contributed by atoms with E-state index >= 15 is 0 Å². The number of phenols is 1. The molecule has 0 fully saturated rings. The zero-order chi connectivity index (χ0) is 11.7. The zero-order valence-corrected chi connectivity index (χ0v) is 10.2. The van der Waals surface area contributed by atoms with Crippen molar-refractivity contribution in [2.24, 2.45) is 0 Å². The molecule has 88 valence electrons. The lowest BCUT2D eigenvalue weighted by molar-refractivity contribution is 0.170. The number of aliphatic hydroxyl groups is 1. The highest BCUT2D eigenvalue weighted by Crippen LogP contribution is 2.47. The fourth-order valence-electron chi connectivity index (χ4n) is 1.57. The molecule has 0 aliphatic carbocycles. The summed E-state index contributed by atoms with van der Waals surface area (Å²) in [6.07, 6.45) is -0.796. The van der Waals surface area contributed by atoms with Crippen LogP contribution in [-0.2, 0) is 0 Å². The number of phenolic OH excluding ortho intramolecular Hbond substituents is 1. The van der Waals surface area contributed by atoms with Gasteiger partial charge in [-0.3, -0.25) is 0 Å². The zero-order valence-electron chi connectivity index (χ0n) is 8.66. The summed E-state index contributed by atoms with van der Waals surface area (Å²) in [5.41, 5.74) is 0.408. The minimum atomic E-state index is -0.796. The van der Waals surface area contributed by atoms with Crippen LogP contribution < -0.4 is 14.8 Å². The van der Waals surface area contributed by atoms with Crippen molar-refractivity contribution in [1.29, 1.82) is 0 Å². The second-order valence-corrected chi connectivity index (χ2v) is 4.23. The molecule has 0 amide bonds. The highest BCUT2D eigenvalue weighted by molar-refractivity contribution is 9.10. The smallest absolute Gasteiger partial charge is 0.231 e. The summed E-state index contributed by atoms with van der Waals surface area (Å²) >= 11 is 3.21. The van der Waals surface area contributed by atoms with Gasteiger partial charge in [0, 0.05) is 12.1 Å². The number of ether oxygens (including phenoxy) is 2. The van der Waals surface area contributed by atoms with Gasteiger partial charge in [-0.1, -0.05) is 0 Å². The molecule has 1 aromatic carbocycles. The van der Waals surface area contributed by atoms with Crippen molar-refractivity contribution >= 4 is 15.9 Å². The van der Waals surface area contributed by atoms with Gasteiger partial charge in [0.25, 0.3) is 0 Å². The maximum atomic E-state index is 9.89. The van der Waals surface area contributed by atoms with Gasteiger partial charge in [-0.2, -0.15) is 0 Å². The minimum Gasteiger partial charge on any atom is -0.506 e. The maximum Gasteiger partial charge on any atom is 0.231 e. The van der Waals surface area contributed by atoms with Crippen LogP contribution in [0.2, 0.25) is 0 Å². The molecular weight excluding hydrogens is 278 g/mol. The first-order valence-corrected chi connectivity index (χ1v) is 5.58. The van der Waals surface area contributed by atoms with Crippen molar-refractivity contribution in [3.63, 3.8) is 0 Å². The van der Waals surface area contributed by atoms with Gasteiger partial charge in [0.15, 0.2) is 11.5 Å².